The normalized spacial score (nSPS) is 16.7. The van der Waals surface area contributed by atoms with Gasteiger partial charge in [-0.2, -0.15) is 19.0 Å². The van der Waals surface area contributed by atoms with Crippen LogP contribution in [0.5, 0.6) is 0 Å². The SMILES string of the molecule is CCN=C(N)N(C(=O)c1ccc(-c2cnn(C(F)F)c2)cc1)[C@H](COC(=O)N[C@H]1CC1C(F)F)c1ccc(Cl)c(-n2ncnc2C(F)F)c1. The molecule has 5 rings (SSSR count). The van der Waals surface area contributed by atoms with Crippen molar-refractivity contribution in [3.05, 3.63) is 83.2 Å². The Kier molecular flexibility index (Phi) is 10.7. The minimum Gasteiger partial charge on any atom is -0.447 e. The van der Waals surface area contributed by atoms with Gasteiger partial charge in [-0.05, 0) is 48.7 Å². The Morgan fingerprint density at radius 1 is 1.10 bits per heavy atom. The maximum atomic E-state index is 14.1. The van der Waals surface area contributed by atoms with E-state index < -0.39 is 61.8 Å². The Morgan fingerprint density at radius 2 is 1.84 bits per heavy atom. The number of carbonyl (C=O) groups excluding carboxylic acids is 2. The van der Waals surface area contributed by atoms with E-state index in [9.17, 15) is 35.9 Å². The predicted octanol–water partition coefficient (Wildman–Crippen LogP) is 6.01. The Hall–Kier alpha value is -5.13. The van der Waals surface area contributed by atoms with Crippen LogP contribution in [0.2, 0.25) is 5.02 Å². The number of nitrogens with two attached hydrogens (primary N) is 1. The lowest BCUT2D eigenvalue weighted by Crippen LogP contribution is -2.46. The van der Waals surface area contributed by atoms with Crippen molar-refractivity contribution < 1.29 is 40.7 Å². The Morgan fingerprint density at radius 3 is 2.45 bits per heavy atom. The fourth-order valence-corrected chi connectivity index (χ4v) is 5.19. The van der Waals surface area contributed by atoms with Crippen LogP contribution in [-0.2, 0) is 4.74 Å². The van der Waals surface area contributed by atoms with Crippen LogP contribution in [0.3, 0.4) is 0 Å². The largest absolute Gasteiger partial charge is 0.447 e. The number of hydrogen-bond acceptors (Lipinski definition) is 7. The average Bonchev–Trinajstić information content (AvgIpc) is 3.42. The average molecular weight is 712 g/mol. The topological polar surface area (TPSA) is 146 Å². The lowest BCUT2D eigenvalue weighted by Gasteiger charge is -2.31. The summed E-state index contributed by atoms with van der Waals surface area (Å²) < 4.78 is 86.2. The number of nitrogens with one attached hydrogen (secondary N) is 1. The molecule has 3 atom stereocenters. The van der Waals surface area contributed by atoms with Gasteiger partial charge >= 0.3 is 12.6 Å². The zero-order chi connectivity index (χ0) is 35.4. The van der Waals surface area contributed by atoms with Gasteiger partial charge < -0.3 is 15.8 Å². The first kappa shape index (κ1) is 35.2. The molecular formula is C30H28ClF6N9O3. The summed E-state index contributed by atoms with van der Waals surface area (Å²) in [4.78, 5) is 35.6. The summed E-state index contributed by atoms with van der Waals surface area (Å²) in [6.45, 7) is -1.68. The van der Waals surface area contributed by atoms with Gasteiger partial charge in [0, 0.05) is 35.8 Å². The second-order valence-corrected chi connectivity index (χ2v) is 11.1. The van der Waals surface area contributed by atoms with Crippen LogP contribution < -0.4 is 11.1 Å². The molecule has 2 heterocycles. The number of benzene rings is 2. The van der Waals surface area contributed by atoms with Crippen LogP contribution in [0.1, 0.15) is 54.1 Å². The van der Waals surface area contributed by atoms with Gasteiger partial charge in [-0.3, -0.25) is 14.7 Å². The van der Waals surface area contributed by atoms with Gasteiger partial charge in [0.25, 0.3) is 12.3 Å². The first-order chi connectivity index (χ1) is 23.4. The third kappa shape index (κ3) is 7.96. The summed E-state index contributed by atoms with van der Waals surface area (Å²) in [5, 5.41) is 9.80. The van der Waals surface area contributed by atoms with E-state index in [4.69, 9.17) is 22.1 Å². The number of carbonyl (C=O) groups is 2. The van der Waals surface area contributed by atoms with E-state index in [1.165, 1.54) is 48.7 Å². The van der Waals surface area contributed by atoms with E-state index in [-0.39, 0.29) is 40.8 Å². The molecule has 4 aromatic rings. The van der Waals surface area contributed by atoms with Crippen molar-refractivity contribution in [3.63, 3.8) is 0 Å². The molecule has 260 valence electrons. The number of aromatic nitrogens is 5. The standard InChI is InChI=1S/C30H28ClF6N9O3/c1-2-39-29(38)45(27(47)16-5-3-15(4-6-16)18-11-41-44(12-18)28(36)37)23(13-49-30(48)43-21-10-19(21)24(32)33)17-7-8-20(31)22(9-17)46-26(25(34)35)40-14-42-46/h3-9,11-12,14,19,21,23-25,28H,2,10,13H2,1H3,(H2,38,39)(H,43,48)/t19?,21-,23+/m0/s1. The van der Waals surface area contributed by atoms with Crippen LogP contribution in [0.15, 0.2) is 66.2 Å². The number of hydrogen-bond donors (Lipinski definition) is 2. The molecule has 0 radical (unpaired) electrons. The molecule has 0 bridgehead atoms. The van der Waals surface area contributed by atoms with Gasteiger partial charge in [0.05, 0.1) is 22.9 Å². The number of alkyl halides is 6. The van der Waals surface area contributed by atoms with E-state index >= 15 is 0 Å². The molecule has 0 spiro atoms. The highest BCUT2D eigenvalue weighted by Gasteiger charge is 2.45. The molecule has 12 nitrogen and oxygen atoms in total. The van der Waals surface area contributed by atoms with Crippen LogP contribution in [0, 0.1) is 5.92 Å². The number of amides is 2. The highest BCUT2D eigenvalue weighted by Crippen LogP contribution is 2.36. The molecule has 1 fully saturated rings. The molecule has 2 amide bonds. The van der Waals surface area contributed by atoms with Crippen molar-refractivity contribution in [3.8, 4) is 16.8 Å². The van der Waals surface area contributed by atoms with E-state index in [2.05, 4.69) is 25.5 Å². The van der Waals surface area contributed by atoms with E-state index in [0.29, 0.717) is 15.8 Å². The molecule has 1 aliphatic rings. The third-order valence-electron chi connectivity index (χ3n) is 7.56. The number of ether oxygens (including phenoxy) is 1. The van der Waals surface area contributed by atoms with Crippen molar-refractivity contribution >= 4 is 29.6 Å². The number of aliphatic imine (C=N–C) groups is 1. The second-order valence-electron chi connectivity index (χ2n) is 10.7. The molecule has 1 saturated carbocycles. The molecule has 2 aromatic carbocycles. The van der Waals surface area contributed by atoms with E-state index in [1.54, 1.807) is 6.92 Å². The lowest BCUT2D eigenvalue weighted by atomic mass is 10.0. The number of rotatable bonds is 12. The fourth-order valence-electron chi connectivity index (χ4n) is 4.99. The van der Waals surface area contributed by atoms with Crippen molar-refractivity contribution in [2.24, 2.45) is 16.6 Å². The number of alkyl carbamates (subject to hydrolysis) is 1. The minimum atomic E-state index is -3.03. The van der Waals surface area contributed by atoms with Crippen LogP contribution in [0.25, 0.3) is 16.8 Å². The van der Waals surface area contributed by atoms with Crippen LogP contribution >= 0.6 is 11.6 Å². The second kappa shape index (κ2) is 15.0. The van der Waals surface area contributed by atoms with Crippen molar-refractivity contribution in [2.75, 3.05) is 13.2 Å². The van der Waals surface area contributed by atoms with Gasteiger partial charge in [0.2, 0.25) is 6.43 Å². The Bertz CT molecular complexity index is 1820. The number of nitrogens with zero attached hydrogens (tertiary/aromatic N) is 7. The third-order valence-corrected chi connectivity index (χ3v) is 7.88. The Balaban J connectivity index is 1.52. The molecular weight excluding hydrogens is 684 g/mol. The summed E-state index contributed by atoms with van der Waals surface area (Å²) >= 11 is 6.37. The summed E-state index contributed by atoms with van der Waals surface area (Å²) in [5.74, 6) is -2.80. The highest BCUT2D eigenvalue weighted by atomic mass is 35.5. The highest BCUT2D eigenvalue weighted by molar-refractivity contribution is 6.32. The van der Waals surface area contributed by atoms with Crippen molar-refractivity contribution in [1.82, 2.24) is 34.8 Å². The van der Waals surface area contributed by atoms with Crippen LogP contribution in [0.4, 0.5) is 31.1 Å². The van der Waals surface area contributed by atoms with Gasteiger partial charge in [-0.25, -0.2) is 36.7 Å². The summed E-state index contributed by atoms with van der Waals surface area (Å²) in [7, 11) is 0. The minimum absolute atomic E-state index is 0.0147. The first-order valence-electron chi connectivity index (χ1n) is 14.6. The molecule has 0 saturated heterocycles. The first-order valence-corrected chi connectivity index (χ1v) is 15.0. The summed E-state index contributed by atoms with van der Waals surface area (Å²) in [6.07, 6.45) is -3.37. The molecule has 49 heavy (non-hydrogen) atoms. The van der Waals surface area contributed by atoms with Crippen molar-refractivity contribution in [2.45, 2.75) is 44.8 Å². The number of halogens is 7. The summed E-state index contributed by atoms with van der Waals surface area (Å²) in [5.41, 5.74) is 7.32. The van der Waals surface area contributed by atoms with E-state index in [0.717, 1.165) is 22.1 Å². The molecule has 1 aliphatic carbocycles. The molecule has 1 unspecified atom stereocenters. The zero-order valence-electron chi connectivity index (χ0n) is 25.4. The number of guanidine groups is 1. The molecule has 2 aromatic heterocycles. The van der Waals surface area contributed by atoms with Crippen LogP contribution in [-0.4, -0.2) is 73.0 Å². The fraction of sp³-hybridized carbons (Fsp3) is 0.333. The zero-order valence-corrected chi connectivity index (χ0v) is 26.2. The van der Waals surface area contributed by atoms with Gasteiger partial charge in [0.1, 0.15) is 12.9 Å². The van der Waals surface area contributed by atoms with E-state index in [1.807, 2.05) is 0 Å². The van der Waals surface area contributed by atoms with Crippen molar-refractivity contribution in [1.29, 1.82) is 0 Å². The molecule has 0 aliphatic heterocycles. The van der Waals surface area contributed by atoms with Gasteiger partial charge in [0.15, 0.2) is 11.8 Å². The quantitative estimate of drug-likeness (QED) is 0.104. The smallest absolute Gasteiger partial charge is 0.407 e. The van der Waals surface area contributed by atoms with Gasteiger partial charge in [-0.1, -0.05) is 29.8 Å². The summed E-state index contributed by atoms with van der Waals surface area (Å²) in [6, 6.07) is 7.83. The van der Waals surface area contributed by atoms with Gasteiger partial charge in [-0.15, -0.1) is 0 Å². The monoisotopic (exact) mass is 711 g/mol. The maximum absolute atomic E-state index is 14.1. The molecule has 19 heteroatoms. The lowest BCUT2D eigenvalue weighted by molar-refractivity contribution is 0.0566. The maximum Gasteiger partial charge on any atom is 0.407 e. The Labute approximate surface area is 279 Å². The predicted molar refractivity (Wildman–Crippen MR) is 164 cm³/mol. The molecule has 3 N–H and O–H groups in total.